The van der Waals surface area contributed by atoms with Crippen LogP contribution in [0.5, 0.6) is 0 Å². The molecular formula is C46H29N3O. The summed E-state index contributed by atoms with van der Waals surface area (Å²) in [5.41, 5.74) is 10.00. The van der Waals surface area contributed by atoms with E-state index in [1.807, 2.05) is 30.3 Å². The topological polar surface area (TPSA) is 43.9 Å². The average molecular weight is 640 g/mol. The van der Waals surface area contributed by atoms with Crippen molar-refractivity contribution in [3.8, 4) is 50.8 Å². The first-order valence-electron chi connectivity index (χ1n) is 16.8. The molecule has 0 spiro atoms. The molecule has 0 radical (unpaired) electrons. The van der Waals surface area contributed by atoms with Crippen LogP contribution in [0.4, 0.5) is 0 Å². The maximum absolute atomic E-state index is 6.07. The first-order valence-corrected chi connectivity index (χ1v) is 16.8. The minimum absolute atomic E-state index is 0.497. The fourth-order valence-electron chi connectivity index (χ4n) is 7.38. The Labute approximate surface area is 288 Å². The molecular weight excluding hydrogens is 611 g/mol. The Bertz CT molecular complexity index is 2720. The average Bonchev–Trinajstić information content (AvgIpc) is 3.81. The summed E-state index contributed by atoms with van der Waals surface area (Å²) in [7, 11) is 0. The van der Waals surface area contributed by atoms with Crippen molar-refractivity contribution in [2.45, 2.75) is 0 Å². The lowest BCUT2D eigenvalue weighted by Crippen LogP contribution is -1.94. The number of fused-ring (bicyclic) bond motifs is 5. The highest BCUT2D eigenvalue weighted by molar-refractivity contribution is 6.13. The summed E-state index contributed by atoms with van der Waals surface area (Å²) in [6.07, 6.45) is 0. The van der Waals surface area contributed by atoms with E-state index in [0.717, 1.165) is 27.8 Å². The molecule has 0 saturated carbocycles. The normalized spacial score (nSPS) is 11.6. The monoisotopic (exact) mass is 639 g/mol. The lowest BCUT2D eigenvalue weighted by Gasteiger charge is -2.10. The van der Waals surface area contributed by atoms with Crippen LogP contribution in [-0.4, -0.2) is 14.8 Å². The van der Waals surface area contributed by atoms with Crippen molar-refractivity contribution in [2.75, 3.05) is 0 Å². The van der Waals surface area contributed by atoms with Gasteiger partial charge in [0.05, 0.1) is 11.0 Å². The summed E-state index contributed by atoms with van der Waals surface area (Å²) in [5, 5.41) is 16.1. The van der Waals surface area contributed by atoms with E-state index in [9.17, 15) is 0 Å². The number of benzene rings is 8. The standard InChI is InChI=1S/C46H29N3O/c1-2-12-32(13-3-1)45-47-48-46(50-45)33-20-24-36(25-21-33)49-43-26-22-34(39-18-8-14-30-10-4-6-16-37(30)39)28-41(43)42-29-35(23-27-44(42)49)40-19-9-15-31-11-5-7-17-38(31)40/h1-29H. The SMILES string of the molecule is c1ccc(-c2nnc(-c3ccc(-n4c5ccc(-c6cccc7ccccc67)cc5c5cc(-c6cccc7ccccc67)ccc54)cc3)o2)cc1. The second-order valence-corrected chi connectivity index (χ2v) is 12.7. The van der Waals surface area contributed by atoms with Gasteiger partial charge in [-0.3, -0.25) is 0 Å². The molecule has 2 heterocycles. The van der Waals surface area contributed by atoms with Gasteiger partial charge in [-0.25, -0.2) is 0 Å². The fourth-order valence-corrected chi connectivity index (χ4v) is 7.38. The van der Waals surface area contributed by atoms with Gasteiger partial charge >= 0.3 is 0 Å². The van der Waals surface area contributed by atoms with Crippen molar-refractivity contribution < 1.29 is 4.42 Å². The predicted octanol–water partition coefficient (Wildman–Crippen LogP) is 12.1. The van der Waals surface area contributed by atoms with E-state index in [-0.39, 0.29) is 0 Å². The van der Waals surface area contributed by atoms with Crippen LogP contribution in [0, 0.1) is 0 Å². The molecule has 234 valence electrons. The van der Waals surface area contributed by atoms with E-state index in [1.165, 1.54) is 54.6 Å². The molecule has 0 aliphatic heterocycles. The van der Waals surface area contributed by atoms with Crippen molar-refractivity contribution >= 4 is 43.4 Å². The molecule has 0 aliphatic carbocycles. The molecule has 8 aromatic carbocycles. The molecule has 0 aliphatic rings. The van der Waals surface area contributed by atoms with Gasteiger partial charge in [-0.15, -0.1) is 10.2 Å². The zero-order chi connectivity index (χ0) is 33.0. The molecule has 0 fully saturated rings. The first-order chi connectivity index (χ1) is 24.8. The van der Waals surface area contributed by atoms with Gasteiger partial charge in [0.15, 0.2) is 0 Å². The van der Waals surface area contributed by atoms with Crippen molar-refractivity contribution in [1.82, 2.24) is 14.8 Å². The molecule has 0 saturated heterocycles. The third-order valence-corrected chi connectivity index (χ3v) is 9.78. The summed E-state index contributed by atoms with van der Waals surface area (Å²) in [5.74, 6) is 1.01. The highest BCUT2D eigenvalue weighted by atomic mass is 16.4. The quantitative estimate of drug-likeness (QED) is 0.188. The Kier molecular flexibility index (Phi) is 6.46. The summed E-state index contributed by atoms with van der Waals surface area (Å²) in [6.45, 7) is 0. The molecule has 10 aromatic rings. The first kappa shape index (κ1) is 28.3. The van der Waals surface area contributed by atoms with Crippen LogP contribution >= 0.6 is 0 Å². The highest BCUT2D eigenvalue weighted by Gasteiger charge is 2.17. The van der Waals surface area contributed by atoms with E-state index >= 15 is 0 Å². The van der Waals surface area contributed by atoms with Gasteiger partial charge in [0.25, 0.3) is 0 Å². The molecule has 4 heteroatoms. The number of hydrogen-bond donors (Lipinski definition) is 0. The van der Waals surface area contributed by atoms with Crippen LogP contribution in [0.3, 0.4) is 0 Å². The van der Waals surface area contributed by atoms with Crippen LogP contribution < -0.4 is 0 Å². The molecule has 50 heavy (non-hydrogen) atoms. The third kappa shape index (κ3) is 4.61. The Morgan fingerprint density at radius 2 is 0.820 bits per heavy atom. The van der Waals surface area contributed by atoms with Gasteiger partial charge in [-0.1, -0.05) is 115 Å². The van der Waals surface area contributed by atoms with Gasteiger partial charge < -0.3 is 8.98 Å². The Hall–Kier alpha value is -6.78. The maximum atomic E-state index is 6.07. The minimum Gasteiger partial charge on any atom is -0.416 e. The van der Waals surface area contributed by atoms with Crippen molar-refractivity contribution in [1.29, 1.82) is 0 Å². The van der Waals surface area contributed by atoms with Crippen molar-refractivity contribution in [2.24, 2.45) is 0 Å². The van der Waals surface area contributed by atoms with E-state index in [2.05, 4.69) is 160 Å². The van der Waals surface area contributed by atoms with Crippen LogP contribution in [0.15, 0.2) is 180 Å². The summed E-state index contributed by atoms with van der Waals surface area (Å²) < 4.78 is 8.43. The highest BCUT2D eigenvalue weighted by Crippen LogP contribution is 2.40. The zero-order valence-corrected chi connectivity index (χ0v) is 27.0. The molecule has 2 aromatic heterocycles. The molecule has 0 atom stereocenters. The largest absolute Gasteiger partial charge is 0.416 e. The Balaban J connectivity index is 1.15. The molecule has 0 unspecified atom stereocenters. The van der Waals surface area contributed by atoms with Crippen molar-refractivity contribution in [3.05, 3.63) is 176 Å². The second kappa shape index (κ2) is 11.4. The number of rotatable bonds is 5. The maximum Gasteiger partial charge on any atom is 0.248 e. The molecule has 10 rings (SSSR count). The summed E-state index contributed by atoms with van der Waals surface area (Å²) >= 11 is 0. The Morgan fingerprint density at radius 1 is 0.360 bits per heavy atom. The van der Waals surface area contributed by atoms with Gasteiger partial charge in [-0.2, -0.15) is 0 Å². The summed E-state index contributed by atoms with van der Waals surface area (Å²) in [4.78, 5) is 0. The molecule has 0 amide bonds. The number of nitrogens with zero attached hydrogens (tertiary/aromatic N) is 3. The van der Waals surface area contributed by atoms with Gasteiger partial charge in [0.1, 0.15) is 0 Å². The number of aromatic nitrogens is 3. The lowest BCUT2D eigenvalue weighted by atomic mass is 9.95. The smallest absolute Gasteiger partial charge is 0.248 e. The van der Waals surface area contributed by atoms with Crippen LogP contribution in [0.2, 0.25) is 0 Å². The predicted molar refractivity (Wildman–Crippen MR) is 205 cm³/mol. The molecule has 0 N–H and O–H groups in total. The van der Waals surface area contributed by atoms with E-state index in [4.69, 9.17) is 4.42 Å². The fraction of sp³-hybridized carbons (Fsp3) is 0. The van der Waals surface area contributed by atoms with Gasteiger partial charge in [0.2, 0.25) is 11.8 Å². The van der Waals surface area contributed by atoms with Crippen LogP contribution in [-0.2, 0) is 0 Å². The van der Waals surface area contributed by atoms with Gasteiger partial charge in [0, 0.05) is 27.6 Å². The number of hydrogen-bond acceptors (Lipinski definition) is 3. The third-order valence-electron chi connectivity index (χ3n) is 9.78. The second-order valence-electron chi connectivity index (χ2n) is 12.7. The van der Waals surface area contributed by atoms with Crippen LogP contribution in [0.1, 0.15) is 0 Å². The zero-order valence-electron chi connectivity index (χ0n) is 27.0. The van der Waals surface area contributed by atoms with Gasteiger partial charge in [-0.05, 0) is 104 Å². The lowest BCUT2D eigenvalue weighted by molar-refractivity contribution is 0.584. The molecule has 4 nitrogen and oxygen atoms in total. The van der Waals surface area contributed by atoms with E-state index in [0.29, 0.717) is 11.8 Å². The molecule has 0 bridgehead atoms. The summed E-state index contributed by atoms with van der Waals surface area (Å²) in [6, 6.07) is 62.3. The Morgan fingerprint density at radius 3 is 1.38 bits per heavy atom. The minimum atomic E-state index is 0.497. The van der Waals surface area contributed by atoms with Crippen molar-refractivity contribution in [3.63, 3.8) is 0 Å². The van der Waals surface area contributed by atoms with Crippen LogP contribution in [0.25, 0.3) is 94.2 Å². The van der Waals surface area contributed by atoms with E-state index in [1.54, 1.807) is 0 Å². The van der Waals surface area contributed by atoms with E-state index < -0.39 is 0 Å².